The maximum atomic E-state index is 15.4. The van der Waals surface area contributed by atoms with Crippen molar-refractivity contribution in [3.63, 3.8) is 0 Å². The Bertz CT molecular complexity index is 1500. The number of nitrogens with zero attached hydrogens (tertiary/aromatic N) is 3. The lowest BCUT2D eigenvalue weighted by atomic mass is 9.95. The minimum atomic E-state index is -1.78. The van der Waals surface area contributed by atoms with Crippen molar-refractivity contribution in [2.75, 3.05) is 23.0 Å². The van der Waals surface area contributed by atoms with Crippen LogP contribution in [-0.4, -0.2) is 22.3 Å². The number of alkyl halides is 1. The van der Waals surface area contributed by atoms with Crippen molar-refractivity contribution < 1.29 is 4.39 Å². The van der Waals surface area contributed by atoms with Gasteiger partial charge in [-0.2, -0.15) is 4.98 Å². The van der Waals surface area contributed by atoms with E-state index in [1.807, 2.05) is 36.2 Å². The number of unbranched alkanes of at least 4 members (excludes halogenated alkanes) is 1. The van der Waals surface area contributed by atoms with E-state index in [2.05, 4.69) is 62.4 Å². The van der Waals surface area contributed by atoms with E-state index in [1.165, 1.54) is 41.8 Å². The molecule has 3 aromatic rings. The second-order valence-corrected chi connectivity index (χ2v) is 11.0. The maximum absolute atomic E-state index is 15.4. The van der Waals surface area contributed by atoms with Gasteiger partial charge in [-0.15, -0.1) is 0 Å². The number of benzene rings is 2. The third-order valence-electron chi connectivity index (χ3n) is 7.25. The van der Waals surface area contributed by atoms with Crippen LogP contribution in [-0.2, 0) is 6.42 Å². The third kappa shape index (κ3) is 7.75. The van der Waals surface area contributed by atoms with Crippen LogP contribution >= 0.6 is 0 Å². The Balaban J connectivity index is 2.07. The maximum Gasteiger partial charge on any atom is 0.354 e. The molecule has 3 N–H and O–H groups in total. The fraction of sp³-hybridized carbons (Fsp3) is 0.353. The van der Waals surface area contributed by atoms with Gasteiger partial charge in [0.1, 0.15) is 11.5 Å². The largest absolute Gasteiger partial charge is 0.383 e. The van der Waals surface area contributed by atoms with Crippen LogP contribution in [0.1, 0.15) is 70.1 Å². The van der Waals surface area contributed by atoms with E-state index in [4.69, 9.17) is 5.73 Å². The van der Waals surface area contributed by atoms with E-state index >= 15 is 4.39 Å². The molecule has 0 radical (unpaired) electrons. The quantitative estimate of drug-likeness (QED) is 0.208. The van der Waals surface area contributed by atoms with Crippen molar-refractivity contribution in [2.45, 2.75) is 72.4 Å². The molecule has 0 unspecified atom stereocenters. The molecule has 0 aliphatic heterocycles. The van der Waals surface area contributed by atoms with Crippen LogP contribution < -0.4 is 21.6 Å². The molecule has 1 heterocycles. The molecule has 7 heteroatoms. The van der Waals surface area contributed by atoms with Gasteiger partial charge in [0.2, 0.25) is 0 Å². The van der Waals surface area contributed by atoms with Gasteiger partial charge in [-0.25, -0.2) is 9.18 Å². The number of aryl methyl sites for hydroxylation is 2. The normalized spacial score (nSPS) is 12.1. The number of nitrogen functional groups attached to an aromatic ring is 1. The Hall–Kier alpha value is -4.13. The highest BCUT2D eigenvalue weighted by Crippen LogP contribution is 2.35. The zero-order chi connectivity index (χ0) is 30.3. The molecule has 0 atom stereocenters. The summed E-state index contributed by atoms with van der Waals surface area (Å²) in [6.07, 6.45) is 6.05. The van der Waals surface area contributed by atoms with E-state index < -0.39 is 11.4 Å². The fourth-order valence-electron chi connectivity index (χ4n) is 4.74. The lowest BCUT2D eigenvalue weighted by molar-refractivity contribution is 0.275. The summed E-state index contributed by atoms with van der Waals surface area (Å²) in [5.74, 6) is 0.105. The molecule has 0 aliphatic rings. The molecule has 0 amide bonds. The average molecular weight is 558 g/mol. The number of rotatable bonds is 13. The minimum Gasteiger partial charge on any atom is -0.383 e. The van der Waals surface area contributed by atoms with E-state index in [1.54, 1.807) is 0 Å². The summed E-state index contributed by atoms with van der Waals surface area (Å²) in [4.78, 5) is 18.9. The summed E-state index contributed by atoms with van der Waals surface area (Å²) >= 11 is 0. The number of hydrogen-bond acceptors (Lipinski definition) is 5. The standard InChI is InChI=1S/C34H44FN5O/c1-9-11-16-30(32(24(4)34(6,7)35)40-20-19-31(36)38-33(40)41)39(8)29-15-12-14-27(22-29)25(5)37-28-18-17-26(13-10-2)23(3)21-28/h12,14-15,17-22,37H,4-5,9-11,13,16H2,1-3,6-8H3,(H2,36,38,41)/b32-30+. The SMILES string of the molecule is C=C(Nc1ccc(CCC)c(C)c1)c1cccc(N(C)/C(CCCC)=C(\C(=C)C(C)(C)F)n2ccc(N)nc2=O)c1. The molecule has 6 nitrogen and oxygen atoms in total. The number of hydrogen-bond donors (Lipinski definition) is 2. The first-order chi connectivity index (χ1) is 19.4. The molecular formula is C34H44FN5O. The molecule has 218 valence electrons. The Labute approximate surface area is 244 Å². The monoisotopic (exact) mass is 557 g/mol. The molecule has 2 aromatic carbocycles. The first-order valence-electron chi connectivity index (χ1n) is 14.2. The third-order valence-corrected chi connectivity index (χ3v) is 7.25. The minimum absolute atomic E-state index is 0.105. The van der Waals surface area contributed by atoms with Crippen molar-refractivity contribution >= 4 is 28.6 Å². The van der Waals surface area contributed by atoms with Crippen molar-refractivity contribution in [3.05, 3.63) is 106 Å². The summed E-state index contributed by atoms with van der Waals surface area (Å²) in [6, 6.07) is 15.9. The Morgan fingerprint density at radius 3 is 2.46 bits per heavy atom. The summed E-state index contributed by atoms with van der Waals surface area (Å²) in [6.45, 7) is 17.7. The predicted molar refractivity (Wildman–Crippen MR) is 173 cm³/mol. The summed E-state index contributed by atoms with van der Waals surface area (Å²) in [5, 5.41) is 3.44. The van der Waals surface area contributed by atoms with E-state index in [0.717, 1.165) is 54.0 Å². The van der Waals surface area contributed by atoms with Crippen LogP contribution in [0.2, 0.25) is 0 Å². The highest BCUT2D eigenvalue weighted by molar-refractivity contribution is 5.79. The van der Waals surface area contributed by atoms with Crippen LogP contribution in [0.15, 0.2) is 84.0 Å². The highest BCUT2D eigenvalue weighted by atomic mass is 19.1. The molecule has 0 saturated heterocycles. The number of allylic oxidation sites excluding steroid dienone is 3. The highest BCUT2D eigenvalue weighted by Gasteiger charge is 2.29. The molecule has 0 bridgehead atoms. The summed E-state index contributed by atoms with van der Waals surface area (Å²) in [7, 11) is 1.92. The smallest absolute Gasteiger partial charge is 0.354 e. The predicted octanol–water partition coefficient (Wildman–Crippen LogP) is 7.97. The molecule has 0 spiro atoms. The van der Waals surface area contributed by atoms with Gasteiger partial charge >= 0.3 is 5.69 Å². The van der Waals surface area contributed by atoms with E-state index in [-0.39, 0.29) is 11.4 Å². The average Bonchev–Trinajstić information content (AvgIpc) is 2.92. The Morgan fingerprint density at radius 2 is 1.85 bits per heavy atom. The first kappa shape index (κ1) is 31.4. The summed E-state index contributed by atoms with van der Waals surface area (Å²) in [5.41, 5.74) is 10.9. The van der Waals surface area contributed by atoms with Crippen LogP contribution in [0.5, 0.6) is 0 Å². The van der Waals surface area contributed by atoms with Gasteiger partial charge in [-0.05, 0) is 87.1 Å². The number of halogens is 1. The van der Waals surface area contributed by atoms with Crippen LogP contribution in [0.3, 0.4) is 0 Å². The van der Waals surface area contributed by atoms with Gasteiger partial charge in [0.05, 0.1) is 5.70 Å². The van der Waals surface area contributed by atoms with Gasteiger partial charge in [0.15, 0.2) is 0 Å². The Morgan fingerprint density at radius 1 is 1.12 bits per heavy atom. The van der Waals surface area contributed by atoms with E-state index in [9.17, 15) is 4.79 Å². The van der Waals surface area contributed by atoms with Crippen molar-refractivity contribution in [1.82, 2.24) is 9.55 Å². The fourth-order valence-corrected chi connectivity index (χ4v) is 4.74. The molecule has 0 saturated carbocycles. The summed E-state index contributed by atoms with van der Waals surface area (Å²) < 4.78 is 16.8. The zero-order valence-electron chi connectivity index (χ0n) is 25.4. The topological polar surface area (TPSA) is 76.2 Å². The second-order valence-electron chi connectivity index (χ2n) is 11.0. The van der Waals surface area contributed by atoms with Gasteiger partial charge in [0.25, 0.3) is 0 Å². The second kappa shape index (κ2) is 13.5. The molecular weight excluding hydrogens is 513 g/mol. The van der Waals surface area contributed by atoms with Crippen molar-refractivity contribution in [3.8, 4) is 0 Å². The van der Waals surface area contributed by atoms with Gasteiger partial charge < -0.3 is 16.0 Å². The lowest BCUT2D eigenvalue weighted by Crippen LogP contribution is -2.31. The van der Waals surface area contributed by atoms with Gasteiger partial charge in [0, 0.05) is 41.6 Å². The molecule has 41 heavy (non-hydrogen) atoms. The van der Waals surface area contributed by atoms with E-state index in [0.29, 0.717) is 12.1 Å². The van der Waals surface area contributed by atoms with Crippen LogP contribution in [0.25, 0.3) is 11.4 Å². The zero-order valence-corrected chi connectivity index (χ0v) is 25.4. The van der Waals surface area contributed by atoms with Crippen molar-refractivity contribution in [1.29, 1.82) is 0 Å². The lowest BCUT2D eigenvalue weighted by Gasteiger charge is -2.30. The van der Waals surface area contributed by atoms with Gasteiger partial charge in [-0.3, -0.25) is 4.57 Å². The molecule has 1 aromatic heterocycles. The number of anilines is 3. The number of nitrogens with two attached hydrogens (primary N) is 1. The number of aromatic nitrogens is 2. The van der Waals surface area contributed by atoms with Crippen LogP contribution in [0.4, 0.5) is 21.6 Å². The van der Waals surface area contributed by atoms with Crippen LogP contribution in [0, 0.1) is 6.92 Å². The van der Waals surface area contributed by atoms with Gasteiger partial charge in [-0.1, -0.05) is 58.0 Å². The van der Waals surface area contributed by atoms with Crippen molar-refractivity contribution in [2.24, 2.45) is 0 Å². The first-order valence-corrected chi connectivity index (χ1v) is 14.2. The molecule has 3 rings (SSSR count). The Kier molecular flexibility index (Phi) is 10.3. The molecule has 0 fully saturated rings. The number of nitrogens with one attached hydrogen (secondary N) is 1. The molecule has 0 aliphatic carbocycles.